The molecule has 0 fully saturated rings. The summed E-state index contributed by atoms with van der Waals surface area (Å²) in [5, 5.41) is 4.07. The Morgan fingerprint density at radius 1 is 1.15 bits per heavy atom. The number of allylic oxidation sites excluding steroid dienone is 5. The molecule has 2 aliphatic carbocycles. The van der Waals surface area contributed by atoms with Gasteiger partial charge in [0.1, 0.15) is 18.1 Å². The Balaban J connectivity index is 1.52. The molecule has 2 unspecified atom stereocenters. The van der Waals surface area contributed by atoms with Gasteiger partial charge in [0.15, 0.2) is 5.69 Å². The lowest BCUT2D eigenvalue weighted by Crippen LogP contribution is -2.13. The highest BCUT2D eigenvalue weighted by atomic mass is 35.5. The van der Waals surface area contributed by atoms with Crippen molar-refractivity contribution in [3.8, 4) is 5.69 Å². The maximum Gasteiger partial charge on any atom is 0.435 e. The number of rotatable bonds is 6. The van der Waals surface area contributed by atoms with Gasteiger partial charge in [0.25, 0.3) is 0 Å². The molecule has 1 heterocycles. The first-order chi connectivity index (χ1) is 15.8. The predicted molar refractivity (Wildman–Crippen MR) is 121 cm³/mol. The Morgan fingerprint density at radius 2 is 1.91 bits per heavy atom. The van der Waals surface area contributed by atoms with Gasteiger partial charge in [-0.15, -0.1) is 0 Å². The first-order valence-corrected chi connectivity index (χ1v) is 11.0. The van der Waals surface area contributed by atoms with E-state index >= 15 is 0 Å². The molecular weight excluding hydrogens is 476 g/mol. The monoisotopic (exact) mass is 496 g/mol. The molecule has 0 radical (unpaired) electrons. The number of para-hydroxylation sites is 1. The Labute approximate surface area is 199 Å². The summed E-state index contributed by atoms with van der Waals surface area (Å²) in [6, 6.07) is 5.63. The lowest BCUT2D eigenvalue weighted by Gasteiger charge is -2.22. The van der Waals surface area contributed by atoms with Crippen molar-refractivity contribution in [2.45, 2.75) is 31.7 Å². The van der Waals surface area contributed by atoms with Crippen LogP contribution >= 0.6 is 23.2 Å². The number of alkyl halides is 3. The van der Waals surface area contributed by atoms with Gasteiger partial charge in [-0.25, -0.2) is 4.68 Å². The molecule has 2 atom stereocenters. The van der Waals surface area contributed by atoms with Crippen LogP contribution < -0.4 is 0 Å². The molecule has 1 aromatic heterocycles. The summed E-state index contributed by atoms with van der Waals surface area (Å²) in [6.07, 6.45) is 9.07. The van der Waals surface area contributed by atoms with E-state index in [9.17, 15) is 13.2 Å². The van der Waals surface area contributed by atoms with Crippen LogP contribution in [0.4, 0.5) is 13.2 Å². The van der Waals surface area contributed by atoms with Crippen molar-refractivity contribution in [1.82, 2.24) is 9.78 Å². The van der Waals surface area contributed by atoms with Crippen molar-refractivity contribution in [3.05, 3.63) is 93.5 Å². The topological polar surface area (TPSA) is 36.3 Å². The van der Waals surface area contributed by atoms with Crippen molar-refractivity contribution in [2.24, 2.45) is 5.92 Å². The van der Waals surface area contributed by atoms with E-state index in [4.69, 9.17) is 32.7 Å². The van der Waals surface area contributed by atoms with Crippen molar-refractivity contribution >= 4 is 23.2 Å². The van der Waals surface area contributed by atoms with E-state index in [1.54, 1.807) is 13.2 Å². The van der Waals surface area contributed by atoms with E-state index in [1.807, 2.05) is 18.2 Å². The van der Waals surface area contributed by atoms with Crippen LogP contribution in [0, 0.1) is 5.92 Å². The fraction of sp³-hybridized carbons (Fsp3) is 0.292. The van der Waals surface area contributed by atoms with Crippen LogP contribution in [0.2, 0.25) is 10.0 Å². The molecule has 0 saturated heterocycles. The number of halogens is 5. The number of aromatic nitrogens is 2. The highest BCUT2D eigenvalue weighted by Gasteiger charge is 2.35. The molecule has 0 amide bonds. The van der Waals surface area contributed by atoms with E-state index in [0.29, 0.717) is 12.2 Å². The minimum atomic E-state index is -4.62. The van der Waals surface area contributed by atoms with E-state index in [-0.39, 0.29) is 40.1 Å². The normalized spacial score (nSPS) is 20.5. The molecule has 0 aliphatic heterocycles. The summed E-state index contributed by atoms with van der Waals surface area (Å²) in [6.45, 7) is -0.139. The number of hydrogen-bond acceptors (Lipinski definition) is 3. The molecule has 0 spiro atoms. The Bertz CT molecular complexity index is 1130. The molecule has 4 rings (SSSR count). The number of hydrogen-bond donors (Lipinski definition) is 0. The third-order valence-corrected chi connectivity index (χ3v) is 6.07. The molecule has 0 saturated carbocycles. The smallest absolute Gasteiger partial charge is 0.435 e. The molecule has 2 aliphatic rings. The highest BCUT2D eigenvalue weighted by molar-refractivity contribution is 6.37. The number of benzene rings is 1. The summed E-state index contributed by atoms with van der Waals surface area (Å²) in [4.78, 5) is 0. The minimum Gasteiger partial charge on any atom is -0.488 e. The van der Waals surface area contributed by atoms with Gasteiger partial charge in [-0.05, 0) is 48.8 Å². The van der Waals surface area contributed by atoms with Crippen molar-refractivity contribution in [2.75, 3.05) is 7.11 Å². The van der Waals surface area contributed by atoms with E-state index in [2.05, 4.69) is 23.3 Å². The van der Waals surface area contributed by atoms with Crippen LogP contribution in [0.15, 0.2) is 72.1 Å². The molecular formula is C24H21Cl2F3N2O2. The molecule has 33 heavy (non-hydrogen) atoms. The Hall–Kier alpha value is -2.48. The zero-order valence-electron chi connectivity index (χ0n) is 17.7. The molecule has 2 aromatic rings. The maximum atomic E-state index is 13.3. The average Bonchev–Trinajstić information content (AvgIpc) is 3.22. The summed E-state index contributed by atoms with van der Waals surface area (Å²) in [5.74, 6) is 0.761. The molecule has 0 N–H and O–H groups in total. The predicted octanol–water partition coefficient (Wildman–Crippen LogP) is 7.08. The second-order valence-electron chi connectivity index (χ2n) is 7.68. The Morgan fingerprint density at radius 3 is 2.55 bits per heavy atom. The summed E-state index contributed by atoms with van der Waals surface area (Å²) in [7, 11) is 1.69. The molecule has 1 aromatic carbocycles. The molecule has 174 valence electrons. The molecule has 9 heteroatoms. The van der Waals surface area contributed by atoms with Crippen LogP contribution in [0.5, 0.6) is 0 Å². The zero-order valence-corrected chi connectivity index (χ0v) is 19.2. The first kappa shape index (κ1) is 23.7. The van der Waals surface area contributed by atoms with Crippen molar-refractivity contribution in [1.29, 1.82) is 0 Å². The van der Waals surface area contributed by atoms with Gasteiger partial charge in [-0.3, -0.25) is 0 Å². The van der Waals surface area contributed by atoms with Gasteiger partial charge >= 0.3 is 6.18 Å². The van der Waals surface area contributed by atoms with Crippen LogP contribution in [0.25, 0.3) is 5.69 Å². The largest absolute Gasteiger partial charge is 0.488 e. The summed E-state index contributed by atoms with van der Waals surface area (Å²) < 4.78 is 52.3. The Kier molecular flexibility index (Phi) is 7.02. The highest BCUT2D eigenvalue weighted by Crippen LogP contribution is 2.34. The zero-order chi connectivity index (χ0) is 23.6. The second-order valence-corrected chi connectivity index (χ2v) is 8.49. The van der Waals surface area contributed by atoms with E-state index in [1.165, 1.54) is 17.7 Å². The lowest BCUT2D eigenvalue weighted by molar-refractivity contribution is -0.141. The quantitative estimate of drug-likeness (QED) is 0.428. The third-order valence-electron chi connectivity index (χ3n) is 5.46. The van der Waals surface area contributed by atoms with Gasteiger partial charge in [-0.2, -0.15) is 18.3 Å². The lowest BCUT2D eigenvalue weighted by atomic mass is 9.88. The van der Waals surface area contributed by atoms with Crippen molar-refractivity contribution < 1.29 is 22.6 Å². The number of nitrogens with zero attached hydrogens (tertiary/aromatic N) is 2. The first-order valence-electron chi connectivity index (χ1n) is 10.3. The van der Waals surface area contributed by atoms with Crippen LogP contribution in [-0.4, -0.2) is 23.0 Å². The number of ether oxygens (including phenoxy) is 2. The molecule has 4 nitrogen and oxygen atoms in total. The molecule has 0 bridgehead atoms. The van der Waals surface area contributed by atoms with E-state index < -0.39 is 11.9 Å². The van der Waals surface area contributed by atoms with Gasteiger partial charge in [0.05, 0.1) is 21.8 Å². The SMILES string of the molecule is COC1C=C(C2C=CC(OCc3cc(C(F)(F)F)nn3-c3c(Cl)cccc3Cl)=CC2)C=CC1. The standard InChI is InChI=1S/C24H21Cl2F3N2O2/c1-32-19-5-2-4-16(12-19)15-8-10-18(11-9-15)33-14-17-13-22(24(27,28)29)30-31(17)23-20(25)6-3-7-21(23)26/h2-4,6-8,10-13,15,19H,5,9,14H2,1H3. The summed E-state index contributed by atoms with van der Waals surface area (Å²) in [5.41, 5.74) is 0.469. The minimum absolute atomic E-state index is 0.0692. The van der Waals surface area contributed by atoms with Crippen LogP contribution in [0.1, 0.15) is 24.2 Å². The summed E-state index contributed by atoms with van der Waals surface area (Å²) >= 11 is 12.4. The van der Waals surface area contributed by atoms with Crippen molar-refractivity contribution in [3.63, 3.8) is 0 Å². The van der Waals surface area contributed by atoms with Gasteiger partial charge in [0, 0.05) is 13.0 Å². The van der Waals surface area contributed by atoms with Crippen LogP contribution in [-0.2, 0) is 22.3 Å². The third kappa shape index (κ3) is 5.37. The van der Waals surface area contributed by atoms with Gasteiger partial charge in [-0.1, -0.05) is 53.6 Å². The fourth-order valence-electron chi connectivity index (χ4n) is 3.75. The van der Waals surface area contributed by atoms with E-state index in [0.717, 1.165) is 17.2 Å². The van der Waals surface area contributed by atoms with Gasteiger partial charge in [0.2, 0.25) is 0 Å². The number of methoxy groups -OCH3 is 1. The fourth-order valence-corrected chi connectivity index (χ4v) is 4.30. The maximum absolute atomic E-state index is 13.3. The second kappa shape index (κ2) is 9.79. The van der Waals surface area contributed by atoms with Gasteiger partial charge < -0.3 is 9.47 Å². The van der Waals surface area contributed by atoms with Crippen LogP contribution in [0.3, 0.4) is 0 Å². The average molecular weight is 497 g/mol.